The maximum atomic E-state index is 12.9. The first-order valence-corrected chi connectivity index (χ1v) is 10.7. The number of nitrogens with one attached hydrogen (secondary N) is 2. The Morgan fingerprint density at radius 3 is 2.41 bits per heavy atom. The number of fused-ring (bicyclic) bond motifs is 1. The van der Waals surface area contributed by atoms with Gasteiger partial charge in [0.25, 0.3) is 0 Å². The van der Waals surface area contributed by atoms with Crippen molar-refractivity contribution in [1.29, 1.82) is 0 Å². The van der Waals surface area contributed by atoms with E-state index in [-0.39, 0.29) is 11.8 Å². The van der Waals surface area contributed by atoms with Crippen molar-refractivity contribution in [3.05, 3.63) is 70.5 Å². The normalized spacial score (nSPS) is 15.9. The van der Waals surface area contributed by atoms with Crippen molar-refractivity contribution in [2.45, 2.75) is 39.6 Å². The summed E-state index contributed by atoms with van der Waals surface area (Å²) in [7, 11) is 1.50. The summed E-state index contributed by atoms with van der Waals surface area (Å²) >= 11 is 0. The summed E-state index contributed by atoms with van der Waals surface area (Å²) in [5.74, 6) is -0.346. The van der Waals surface area contributed by atoms with E-state index in [0.717, 1.165) is 28.1 Å². The molecule has 2 N–H and O–H groups in total. The second kappa shape index (κ2) is 8.85. The number of alkyl halides is 3. The molecule has 0 aliphatic carbocycles. The van der Waals surface area contributed by atoms with Crippen LogP contribution in [0.1, 0.15) is 35.0 Å². The number of carbonyl (C=O) groups is 1. The Bertz CT molecular complexity index is 1230. The van der Waals surface area contributed by atoms with Gasteiger partial charge in [-0.15, -0.1) is 13.2 Å². The molecule has 1 aliphatic heterocycles. The summed E-state index contributed by atoms with van der Waals surface area (Å²) in [6.07, 6.45) is -4.41. The minimum Gasteiger partial charge on any atom is -0.406 e. The highest BCUT2D eigenvalue weighted by molar-refractivity contribution is 6.14. The lowest BCUT2D eigenvalue weighted by Crippen LogP contribution is -2.41. The standard InChI is InChI=1S/C24H24F3N5O2/c1-13-11-18-9-10-19(34-24(25,26)27)12-20(18)22(31-32(13)23(33)28-4)17-7-5-16(6-8-17)21-14(2)29-30-15(21)3/h5-10,12-13H,11H2,1-4H3,(H,28,33)(H,29,30)/t13-/m0/s1. The van der Waals surface area contributed by atoms with E-state index in [1.165, 1.54) is 24.2 Å². The van der Waals surface area contributed by atoms with Gasteiger partial charge in [-0.05, 0) is 50.5 Å². The Hall–Kier alpha value is -3.82. The third-order valence-electron chi connectivity index (χ3n) is 5.71. The Morgan fingerprint density at radius 1 is 1.15 bits per heavy atom. The van der Waals surface area contributed by atoms with Crippen LogP contribution in [0.2, 0.25) is 0 Å². The van der Waals surface area contributed by atoms with Gasteiger partial charge in [0.05, 0.1) is 17.4 Å². The minimum atomic E-state index is -4.82. The number of amides is 2. The van der Waals surface area contributed by atoms with Gasteiger partial charge in [-0.2, -0.15) is 10.2 Å². The number of hydrogen-bond donors (Lipinski definition) is 2. The number of rotatable bonds is 3. The molecule has 34 heavy (non-hydrogen) atoms. The maximum Gasteiger partial charge on any atom is 0.573 e. The quantitative estimate of drug-likeness (QED) is 0.568. The molecule has 2 aromatic carbocycles. The average molecular weight is 471 g/mol. The van der Waals surface area contributed by atoms with Crippen molar-refractivity contribution in [3.63, 3.8) is 0 Å². The number of H-pyrrole nitrogens is 1. The number of benzene rings is 2. The number of ether oxygens (including phenoxy) is 1. The van der Waals surface area contributed by atoms with Crippen LogP contribution in [0.3, 0.4) is 0 Å². The monoisotopic (exact) mass is 471 g/mol. The molecule has 1 aliphatic rings. The van der Waals surface area contributed by atoms with Crippen molar-refractivity contribution < 1.29 is 22.7 Å². The smallest absolute Gasteiger partial charge is 0.406 e. The predicted molar refractivity (Wildman–Crippen MR) is 122 cm³/mol. The summed E-state index contributed by atoms with van der Waals surface area (Å²) in [6, 6.07) is 10.9. The lowest BCUT2D eigenvalue weighted by molar-refractivity contribution is -0.274. The van der Waals surface area contributed by atoms with Gasteiger partial charge in [-0.1, -0.05) is 30.3 Å². The number of aryl methyl sites for hydroxylation is 2. The van der Waals surface area contributed by atoms with E-state index in [0.29, 0.717) is 23.3 Å². The Labute approximate surface area is 194 Å². The van der Waals surface area contributed by atoms with Gasteiger partial charge in [-0.25, -0.2) is 9.80 Å². The van der Waals surface area contributed by atoms with Gasteiger partial charge in [0.15, 0.2) is 0 Å². The van der Waals surface area contributed by atoms with Gasteiger partial charge >= 0.3 is 12.4 Å². The molecule has 10 heteroatoms. The highest BCUT2D eigenvalue weighted by atomic mass is 19.4. The lowest BCUT2D eigenvalue weighted by atomic mass is 9.93. The van der Waals surface area contributed by atoms with E-state index in [2.05, 4.69) is 25.4 Å². The van der Waals surface area contributed by atoms with Crippen LogP contribution >= 0.6 is 0 Å². The maximum absolute atomic E-state index is 12.9. The third-order valence-corrected chi connectivity index (χ3v) is 5.71. The first-order valence-electron chi connectivity index (χ1n) is 10.7. The Kier molecular flexibility index (Phi) is 6.07. The second-order valence-electron chi connectivity index (χ2n) is 8.15. The molecule has 0 bridgehead atoms. The van der Waals surface area contributed by atoms with Gasteiger partial charge in [0, 0.05) is 29.4 Å². The number of aromatic nitrogens is 2. The van der Waals surface area contributed by atoms with Gasteiger partial charge in [0.1, 0.15) is 5.75 Å². The van der Waals surface area contributed by atoms with Crippen molar-refractivity contribution >= 4 is 11.7 Å². The first-order chi connectivity index (χ1) is 16.1. The molecule has 1 aromatic heterocycles. The molecular weight excluding hydrogens is 447 g/mol. The zero-order valence-electron chi connectivity index (χ0n) is 19.1. The van der Waals surface area contributed by atoms with Crippen LogP contribution in [0, 0.1) is 13.8 Å². The Morgan fingerprint density at radius 2 is 1.82 bits per heavy atom. The van der Waals surface area contributed by atoms with E-state index in [9.17, 15) is 18.0 Å². The minimum absolute atomic E-state index is 0.318. The second-order valence-corrected chi connectivity index (χ2v) is 8.15. The molecule has 0 saturated carbocycles. The molecule has 0 saturated heterocycles. The van der Waals surface area contributed by atoms with Crippen molar-refractivity contribution in [3.8, 4) is 16.9 Å². The number of nitrogens with zero attached hydrogens (tertiary/aromatic N) is 3. The summed E-state index contributed by atoms with van der Waals surface area (Å²) in [5.41, 5.74) is 5.97. The zero-order valence-corrected chi connectivity index (χ0v) is 19.1. The molecule has 2 heterocycles. The van der Waals surface area contributed by atoms with E-state index >= 15 is 0 Å². The number of carbonyl (C=O) groups excluding carboxylic acids is 1. The first kappa shape index (κ1) is 23.3. The topological polar surface area (TPSA) is 82.6 Å². The molecule has 3 aromatic rings. The predicted octanol–water partition coefficient (Wildman–Crippen LogP) is 4.93. The fourth-order valence-electron chi connectivity index (χ4n) is 4.16. The molecule has 2 amide bonds. The van der Waals surface area contributed by atoms with Crippen LogP contribution in [0.15, 0.2) is 47.6 Å². The zero-order chi connectivity index (χ0) is 24.6. The summed E-state index contributed by atoms with van der Waals surface area (Å²) in [5, 5.41) is 15.7. The summed E-state index contributed by atoms with van der Waals surface area (Å²) in [6.45, 7) is 5.67. The average Bonchev–Trinajstić information content (AvgIpc) is 3.04. The largest absolute Gasteiger partial charge is 0.573 e. The van der Waals surface area contributed by atoms with Crippen molar-refractivity contribution in [2.24, 2.45) is 5.10 Å². The summed E-state index contributed by atoms with van der Waals surface area (Å²) < 4.78 is 42.8. The highest BCUT2D eigenvalue weighted by Gasteiger charge is 2.32. The molecular formula is C24H24F3N5O2. The fourth-order valence-corrected chi connectivity index (χ4v) is 4.16. The van der Waals surface area contributed by atoms with Crippen LogP contribution in [0.4, 0.5) is 18.0 Å². The van der Waals surface area contributed by atoms with Gasteiger partial charge < -0.3 is 10.1 Å². The molecule has 0 fully saturated rings. The van der Waals surface area contributed by atoms with E-state index < -0.39 is 12.4 Å². The van der Waals surface area contributed by atoms with E-state index in [4.69, 9.17) is 0 Å². The number of hydrazone groups is 1. The summed E-state index contributed by atoms with van der Waals surface area (Å²) in [4.78, 5) is 12.5. The van der Waals surface area contributed by atoms with Crippen molar-refractivity contribution in [1.82, 2.24) is 20.5 Å². The van der Waals surface area contributed by atoms with Crippen LogP contribution in [0.5, 0.6) is 5.75 Å². The van der Waals surface area contributed by atoms with Gasteiger partial charge in [0.2, 0.25) is 0 Å². The van der Waals surface area contributed by atoms with Gasteiger partial charge in [-0.3, -0.25) is 5.10 Å². The van der Waals surface area contributed by atoms with Crippen LogP contribution < -0.4 is 10.1 Å². The number of urea groups is 1. The molecule has 178 valence electrons. The van der Waals surface area contributed by atoms with E-state index in [1.54, 1.807) is 6.07 Å². The lowest BCUT2D eigenvalue weighted by Gasteiger charge is -2.22. The number of hydrogen-bond acceptors (Lipinski definition) is 4. The molecule has 0 spiro atoms. The SMILES string of the molecule is CNC(=O)N1N=C(c2ccc(-c3c(C)n[nH]c3C)cc2)c2cc(OC(F)(F)F)ccc2C[C@@H]1C. The molecule has 0 unspecified atom stereocenters. The molecule has 1 atom stereocenters. The van der Waals surface area contributed by atoms with Crippen molar-refractivity contribution in [2.75, 3.05) is 7.05 Å². The Balaban J connectivity index is 1.84. The molecule has 7 nitrogen and oxygen atoms in total. The third kappa shape index (κ3) is 4.61. The number of halogens is 3. The fraction of sp³-hybridized carbons (Fsp3) is 0.292. The van der Waals surface area contributed by atoms with Crippen LogP contribution in [-0.2, 0) is 6.42 Å². The number of aromatic amines is 1. The van der Waals surface area contributed by atoms with E-state index in [1.807, 2.05) is 45.0 Å². The highest BCUT2D eigenvalue weighted by Crippen LogP contribution is 2.31. The van der Waals surface area contributed by atoms with Crippen LogP contribution in [-0.4, -0.2) is 46.4 Å². The van der Waals surface area contributed by atoms with Crippen LogP contribution in [0.25, 0.3) is 11.1 Å². The molecule has 0 radical (unpaired) electrons. The molecule has 4 rings (SSSR count).